The molecular formula is C18H33NO11. The lowest BCUT2D eigenvalue weighted by molar-refractivity contribution is -0.347. The Morgan fingerprint density at radius 3 is 2.07 bits per heavy atom. The Labute approximate surface area is 174 Å². The van der Waals surface area contributed by atoms with Crippen molar-refractivity contribution in [1.29, 1.82) is 0 Å². The fourth-order valence-electron chi connectivity index (χ4n) is 3.62. The van der Waals surface area contributed by atoms with E-state index in [4.69, 9.17) is 14.2 Å². The molecule has 10 atom stereocenters. The van der Waals surface area contributed by atoms with Gasteiger partial charge in [0, 0.05) is 13.5 Å². The first kappa shape index (κ1) is 25.3. The van der Waals surface area contributed by atoms with Crippen molar-refractivity contribution in [3.05, 3.63) is 0 Å². The van der Waals surface area contributed by atoms with E-state index in [1.54, 1.807) is 0 Å². The summed E-state index contributed by atoms with van der Waals surface area (Å²) >= 11 is 0. The molecule has 176 valence electrons. The first-order chi connectivity index (χ1) is 14.2. The zero-order valence-electron chi connectivity index (χ0n) is 17.0. The van der Waals surface area contributed by atoms with Crippen LogP contribution in [0.2, 0.25) is 0 Å². The molecule has 12 nitrogen and oxygen atoms in total. The van der Waals surface area contributed by atoms with Crippen LogP contribution >= 0.6 is 0 Å². The van der Waals surface area contributed by atoms with Crippen LogP contribution in [-0.2, 0) is 19.0 Å². The number of nitrogens with zero attached hydrogens (tertiary/aromatic N) is 1. The summed E-state index contributed by atoms with van der Waals surface area (Å²) in [6, 6.07) is 0. The second-order valence-electron chi connectivity index (χ2n) is 7.59. The van der Waals surface area contributed by atoms with Gasteiger partial charge in [-0.2, -0.15) is 0 Å². The predicted octanol–water partition coefficient (Wildman–Crippen LogP) is -3.74. The summed E-state index contributed by atoms with van der Waals surface area (Å²) in [6.07, 6.45) is -13.5. The van der Waals surface area contributed by atoms with Gasteiger partial charge >= 0.3 is 0 Å². The maximum atomic E-state index is 12.0. The van der Waals surface area contributed by atoms with Crippen molar-refractivity contribution in [3.8, 4) is 0 Å². The van der Waals surface area contributed by atoms with E-state index in [1.807, 2.05) is 6.92 Å². The Hall–Kier alpha value is -0.930. The molecule has 0 bridgehead atoms. The van der Waals surface area contributed by atoms with E-state index < -0.39 is 74.6 Å². The average Bonchev–Trinajstić information content (AvgIpc) is 2.72. The lowest BCUT2D eigenvalue weighted by Crippen LogP contribution is -2.67. The molecule has 0 aromatic carbocycles. The molecule has 2 aliphatic heterocycles. The Balaban J connectivity index is 2.17. The zero-order valence-corrected chi connectivity index (χ0v) is 17.0. The molecule has 7 N–H and O–H groups in total. The summed E-state index contributed by atoms with van der Waals surface area (Å²) < 4.78 is 16.4. The summed E-state index contributed by atoms with van der Waals surface area (Å²) in [4.78, 5) is 13.3. The minimum absolute atomic E-state index is 0.274. The number of ether oxygens (including phenoxy) is 3. The molecule has 2 fully saturated rings. The van der Waals surface area contributed by atoms with E-state index >= 15 is 0 Å². The van der Waals surface area contributed by atoms with Crippen molar-refractivity contribution in [2.45, 2.75) is 88.0 Å². The number of unbranched alkanes of at least 4 members (excludes halogenated alkanes) is 1. The summed E-state index contributed by atoms with van der Waals surface area (Å²) in [6.45, 7) is 2.17. The molecular weight excluding hydrogens is 406 g/mol. The van der Waals surface area contributed by atoms with Crippen LogP contribution in [0.5, 0.6) is 0 Å². The smallest absolute Gasteiger partial charge is 0.221 e. The maximum absolute atomic E-state index is 12.0. The van der Waals surface area contributed by atoms with Crippen molar-refractivity contribution in [2.24, 2.45) is 0 Å². The van der Waals surface area contributed by atoms with Crippen LogP contribution in [0.1, 0.15) is 26.7 Å². The molecule has 0 aromatic heterocycles. The SMILES string of the molecule is CCCCN(C(C)=O)C1OC(CO)C(OC2OC(CO)C(O)C(O)C2O)C(O)C1O. The van der Waals surface area contributed by atoms with Gasteiger partial charge in [0.2, 0.25) is 5.91 Å². The molecule has 1 amide bonds. The molecule has 2 saturated heterocycles. The number of hydrogen-bond acceptors (Lipinski definition) is 11. The number of carbonyl (C=O) groups is 1. The quantitative estimate of drug-likeness (QED) is 0.197. The summed E-state index contributed by atoms with van der Waals surface area (Å²) in [7, 11) is 0. The highest BCUT2D eigenvalue weighted by atomic mass is 16.7. The van der Waals surface area contributed by atoms with Gasteiger partial charge in [-0.25, -0.2) is 0 Å². The van der Waals surface area contributed by atoms with Crippen LogP contribution < -0.4 is 0 Å². The molecule has 2 heterocycles. The average molecular weight is 439 g/mol. The fraction of sp³-hybridized carbons (Fsp3) is 0.944. The highest BCUT2D eigenvalue weighted by molar-refractivity contribution is 5.73. The minimum atomic E-state index is -1.73. The molecule has 12 heteroatoms. The van der Waals surface area contributed by atoms with Crippen molar-refractivity contribution in [3.63, 3.8) is 0 Å². The van der Waals surface area contributed by atoms with E-state index in [9.17, 15) is 40.5 Å². The third kappa shape index (κ3) is 5.27. The van der Waals surface area contributed by atoms with Crippen molar-refractivity contribution in [2.75, 3.05) is 19.8 Å². The molecule has 2 aliphatic rings. The Bertz CT molecular complexity index is 548. The predicted molar refractivity (Wildman–Crippen MR) is 98.7 cm³/mol. The first-order valence-corrected chi connectivity index (χ1v) is 10.0. The van der Waals surface area contributed by atoms with Crippen LogP contribution in [0.3, 0.4) is 0 Å². The highest BCUT2D eigenvalue weighted by Crippen LogP contribution is 2.30. The van der Waals surface area contributed by atoms with E-state index in [0.717, 1.165) is 6.42 Å². The van der Waals surface area contributed by atoms with Crippen LogP contribution in [0, 0.1) is 0 Å². The lowest BCUT2D eigenvalue weighted by Gasteiger charge is -2.48. The van der Waals surface area contributed by atoms with Crippen LogP contribution in [0.4, 0.5) is 0 Å². The Morgan fingerprint density at radius 2 is 1.53 bits per heavy atom. The van der Waals surface area contributed by atoms with Gasteiger partial charge in [0.1, 0.15) is 48.8 Å². The molecule has 0 aliphatic carbocycles. The lowest BCUT2D eigenvalue weighted by atomic mass is 9.96. The summed E-state index contributed by atoms with van der Waals surface area (Å²) in [5.74, 6) is -0.385. The second kappa shape index (κ2) is 11.1. The third-order valence-corrected chi connectivity index (χ3v) is 5.44. The van der Waals surface area contributed by atoms with E-state index in [1.165, 1.54) is 11.8 Å². The molecule has 0 aromatic rings. The first-order valence-electron chi connectivity index (χ1n) is 10.0. The van der Waals surface area contributed by atoms with Crippen LogP contribution in [0.15, 0.2) is 0 Å². The number of hydrogen-bond donors (Lipinski definition) is 7. The van der Waals surface area contributed by atoms with Gasteiger partial charge in [-0.1, -0.05) is 13.3 Å². The normalized spacial score (nSPS) is 42.2. The molecule has 2 rings (SSSR count). The van der Waals surface area contributed by atoms with Gasteiger partial charge in [-0.3, -0.25) is 4.79 Å². The monoisotopic (exact) mass is 439 g/mol. The van der Waals surface area contributed by atoms with Gasteiger partial charge in [0.05, 0.1) is 13.2 Å². The standard InChI is InChI=1S/C18H33NO11/c1-3-4-5-19(8(2)22)17-14(26)13(25)16(10(7-21)28-17)30-18-15(27)12(24)11(23)9(6-20)29-18/h9-18,20-21,23-27H,3-7H2,1-2H3. The van der Waals surface area contributed by atoms with E-state index in [0.29, 0.717) is 6.42 Å². The molecule has 0 spiro atoms. The highest BCUT2D eigenvalue weighted by Gasteiger charge is 2.51. The van der Waals surface area contributed by atoms with Crippen molar-refractivity contribution >= 4 is 5.91 Å². The second-order valence-corrected chi connectivity index (χ2v) is 7.59. The number of carbonyl (C=O) groups excluding carboxylic acids is 1. The Kier molecular flexibility index (Phi) is 9.36. The number of rotatable bonds is 8. The van der Waals surface area contributed by atoms with Gasteiger partial charge in [0.15, 0.2) is 12.5 Å². The molecule has 10 unspecified atom stereocenters. The molecule has 0 saturated carbocycles. The van der Waals surface area contributed by atoms with Gasteiger partial charge in [0.25, 0.3) is 0 Å². The fourth-order valence-corrected chi connectivity index (χ4v) is 3.62. The zero-order chi connectivity index (χ0) is 22.6. The third-order valence-electron chi connectivity index (χ3n) is 5.44. The van der Waals surface area contributed by atoms with Crippen molar-refractivity contribution < 1.29 is 54.8 Å². The Morgan fingerprint density at radius 1 is 0.900 bits per heavy atom. The van der Waals surface area contributed by atoms with Crippen LogP contribution in [0.25, 0.3) is 0 Å². The van der Waals surface area contributed by atoms with Gasteiger partial charge in [-0.05, 0) is 6.42 Å². The number of amides is 1. The minimum Gasteiger partial charge on any atom is -0.394 e. The number of aliphatic hydroxyl groups excluding tert-OH is 7. The topological polar surface area (TPSA) is 190 Å². The van der Waals surface area contributed by atoms with Gasteiger partial charge < -0.3 is 54.9 Å². The summed E-state index contributed by atoms with van der Waals surface area (Å²) in [5, 5.41) is 70.1. The largest absolute Gasteiger partial charge is 0.394 e. The molecule has 30 heavy (non-hydrogen) atoms. The van der Waals surface area contributed by atoms with Crippen molar-refractivity contribution in [1.82, 2.24) is 4.90 Å². The van der Waals surface area contributed by atoms with Crippen LogP contribution in [-0.4, -0.2) is 128 Å². The van der Waals surface area contributed by atoms with E-state index in [-0.39, 0.29) is 12.5 Å². The summed E-state index contributed by atoms with van der Waals surface area (Å²) in [5.41, 5.74) is 0. The number of aliphatic hydroxyl groups is 7. The van der Waals surface area contributed by atoms with Gasteiger partial charge in [-0.15, -0.1) is 0 Å². The van der Waals surface area contributed by atoms with E-state index in [2.05, 4.69) is 0 Å². The molecule has 0 radical (unpaired) electrons. The maximum Gasteiger partial charge on any atom is 0.221 e.